The van der Waals surface area contributed by atoms with E-state index in [2.05, 4.69) is 4.99 Å². The van der Waals surface area contributed by atoms with E-state index in [4.69, 9.17) is 4.74 Å². The number of ether oxygens (including phenoxy) is 1. The van der Waals surface area contributed by atoms with E-state index in [-0.39, 0.29) is 17.0 Å². The lowest BCUT2D eigenvalue weighted by Crippen LogP contribution is -2.35. The Morgan fingerprint density at radius 3 is 2.48 bits per heavy atom. The minimum Gasteiger partial charge on any atom is -0.419 e. The number of aliphatic imine (C=N–C) groups is 1. The average molecular weight is 288 g/mol. The van der Waals surface area contributed by atoms with Gasteiger partial charge in [-0.05, 0) is 26.0 Å². The van der Waals surface area contributed by atoms with Gasteiger partial charge in [0.25, 0.3) is 0 Å². The SMILES string of the molecule is CC1=NC(=O)C([N+](=O)[O-])C(OC(=O)c2ccc(C)cc2)=C1. The zero-order valence-corrected chi connectivity index (χ0v) is 11.4. The Hall–Kier alpha value is -2.83. The van der Waals surface area contributed by atoms with E-state index in [0.29, 0.717) is 0 Å². The lowest BCUT2D eigenvalue weighted by Gasteiger charge is -2.14. The van der Waals surface area contributed by atoms with Crippen molar-refractivity contribution in [2.45, 2.75) is 19.9 Å². The quantitative estimate of drug-likeness (QED) is 0.478. The number of nitro groups is 1. The molecule has 0 spiro atoms. The van der Waals surface area contributed by atoms with Gasteiger partial charge in [-0.25, -0.2) is 9.79 Å². The topological polar surface area (TPSA) is 98.9 Å². The number of carbonyl (C=O) groups is 2. The highest BCUT2D eigenvalue weighted by Gasteiger charge is 2.39. The summed E-state index contributed by atoms with van der Waals surface area (Å²) in [5, 5.41) is 10.9. The van der Waals surface area contributed by atoms with E-state index in [1.54, 1.807) is 24.3 Å². The maximum atomic E-state index is 12.0. The normalized spacial score (nSPS) is 17.8. The van der Waals surface area contributed by atoms with Crippen molar-refractivity contribution in [2.75, 3.05) is 0 Å². The van der Waals surface area contributed by atoms with Crippen LogP contribution < -0.4 is 0 Å². The fraction of sp³-hybridized carbons (Fsp3) is 0.214. The van der Waals surface area contributed by atoms with E-state index in [0.717, 1.165) is 5.56 Å². The molecule has 21 heavy (non-hydrogen) atoms. The van der Waals surface area contributed by atoms with Gasteiger partial charge in [-0.3, -0.25) is 14.9 Å². The molecule has 0 aromatic heterocycles. The lowest BCUT2D eigenvalue weighted by atomic mass is 10.1. The molecule has 1 amide bonds. The van der Waals surface area contributed by atoms with Crippen molar-refractivity contribution in [1.82, 2.24) is 0 Å². The first-order valence-electron chi connectivity index (χ1n) is 6.11. The van der Waals surface area contributed by atoms with Crippen molar-refractivity contribution in [3.63, 3.8) is 0 Å². The number of esters is 1. The summed E-state index contributed by atoms with van der Waals surface area (Å²) in [6.07, 6.45) is 1.22. The maximum absolute atomic E-state index is 12.0. The number of aryl methyl sites for hydroxylation is 1. The van der Waals surface area contributed by atoms with Gasteiger partial charge in [0, 0.05) is 16.7 Å². The molecular weight excluding hydrogens is 276 g/mol. The number of allylic oxidation sites excluding steroid dienone is 1. The number of carbonyl (C=O) groups excluding carboxylic acids is 2. The first-order chi connectivity index (χ1) is 9.88. The van der Waals surface area contributed by atoms with E-state index in [1.807, 2.05) is 6.92 Å². The van der Waals surface area contributed by atoms with E-state index in [9.17, 15) is 19.7 Å². The highest BCUT2D eigenvalue weighted by Crippen LogP contribution is 2.17. The molecule has 1 aliphatic heterocycles. The molecule has 0 aliphatic carbocycles. The molecule has 0 bridgehead atoms. The van der Waals surface area contributed by atoms with E-state index < -0.39 is 22.8 Å². The Morgan fingerprint density at radius 1 is 1.29 bits per heavy atom. The summed E-state index contributed by atoms with van der Waals surface area (Å²) in [7, 11) is 0. The predicted octanol–water partition coefficient (Wildman–Crippen LogP) is 1.68. The highest BCUT2D eigenvalue weighted by molar-refractivity contribution is 6.06. The molecule has 0 saturated heterocycles. The Balaban J connectivity index is 2.25. The van der Waals surface area contributed by atoms with Gasteiger partial charge in [-0.2, -0.15) is 0 Å². The van der Waals surface area contributed by atoms with Gasteiger partial charge in [0.2, 0.25) is 0 Å². The van der Waals surface area contributed by atoms with Gasteiger partial charge < -0.3 is 4.74 Å². The molecule has 1 aromatic carbocycles. The summed E-state index contributed by atoms with van der Waals surface area (Å²) in [6.45, 7) is 3.35. The average Bonchev–Trinajstić information content (AvgIpc) is 2.37. The summed E-state index contributed by atoms with van der Waals surface area (Å²) < 4.78 is 5.01. The molecule has 0 radical (unpaired) electrons. The Kier molecular flexibility index (Phi) is 3.93. The van der Waals surface area contributed by atoms with E-state index in [1.165, 1.54) is 13.0 Å². The summed E-state index contributed by atoms with van der Waals surface area (Å²) in [6, 6.07) is 4.75. The molecule has 7 nitrogen and oxygen atoms in total. The third-order valence-electron chi connectivity index (χ3n) is 2.85. The Morgan fingerprint density at radius 2 is 1.90 bits per heavy atom. The van der Waals surface area contributed by atoms with Crippen LogP contribution in [0.3, 0.4) is 0 Å². The van der Waals surface area contributed by atoms with Crippen molar-refractivity contribution in [1.29, 1.82) is 0 Å². The van der Waals surface area contributed by atoms with Gasteiger partial charge in [0.1, 0.15) is 0 Å². The molecule has 7 heteroatoms. The molecule has 0 fully saturated rings. The Labute approximate surface area is 120 Å². The minimum absolute atomic E-state index is 0.246. The van der Waals surface area contributed by atoms with Crippen LogP contribution in [0.5, 0.6) is 0 Å². The standard InChI is InChI=1S/C14H12N2O5/c1-8-3-5-10(6-4-8)14(18)21-11-7-9(2)15-13(17)12(11)16(19)20/h3-7,12H,1-2H3. The fourth-order valence-electron chi connectivity index (χ4n) is 1.81. The monoisotopic (exact) mass is 288 g/mol. The number of hydrogen-bond acceptors (Lipinski definition) is 5. The molecule has 0 saturated carbocycles. The van der Waals surface area contributed by atoms with Crippen LogP contribution >= 0.6 is 0 Å². The van der Waals surface area contributed by atoms with Gasteiger partial charge in [-0.15, -0.1) is 0 Å². The van der Waals surface area contributed by atoms with Crippen molar-refractivity contribution in [3.05, 3.63) is 57.3 Å². The zero-order chi connectivity index (χ0) is 15.6. The number of benzene rings is 1. The molecule has 1 aliphatic rings. The van der Waals surface area contributed by atoms with Crippen molar-refractivity contribution >= 4 is 17.6 Å². The molecule has 108 valence electrons. The van der Waals surface area contributed by atoms with Crippen molar-refractivity contribution < 1.29 is 19.2 Å². The van der Waals surface area contributed by atoms with Crippen LogP contribution in [0.25, 0.3) is 0 Å². The first kappa shape index (κ1) is 14.6. The highest BCUT2D eigenvalue weighted by atomic mass is 16.6. The van der Waals surface area contributed by atoms with Crippen LogP contribution in [-0.4, -0.2) is 28.6 Å². The number of hydrogen-bond donors (Lipinski definition) is 0. The number of dihydropyridines is 1. The maximum Gasteiger partial charge on any atom is 0.348 e. The van der Waals surface area contributed by atoms with Crippen molar-refractivity contribution in [2.24, 2.45) is 4.99 Å². The summed E-state index contributed by atoms with van der Waals surface area (Å²) in [5.41, 5.74) is 1.46. The van der Waals surface area contributed by atoms with Crippen LogP contribution in [0.15, 0.2) is 41.1 Å². The van der Waals surface area contributed by atoms with E-state index >= 15 is 0 Å². The zero-order valence-electron chi connectivity index (χ0n) is 11.4. The van der Waals surface area contributed by atoms with Gasteiger partial charge in [0.05, 0.1) is 5.56 Å². The molecule has 0 N–H and O–H groups in total. The van der Waals surface area contributed by atoms with Crippen LogP contribution in [0.4, 0.5) is 0 Å². The fourth-order valence-corrected chi connectivity index (χ4v) is 1.81. The lowest BCUT2D eigenvalue weighted by molar-refractivity contribution is -0.501. The van der Waals surface area contributed by atoms with Crippen LogP contribution in [-0.2, 0) is 9.53 Å². The smallest absolute Gasteiger partial charge is 0.348 e. The molecule has 1 unspecified atom stereocenters. The van der Waals surface area contributed by atoms with Gasteiger partial charge in [0.15, 0.2) is 5.76 Å². The summed E-state index contributed by atoms with van der Waals surface area (Å²) in [5.74, 6) is -2.02. The largest absolute Gasteiger partial charge is 0.419 e. The van der Waals surface area contributed by atoms with Crippen LogP contribution in [0.1, 0.15) is 22.8 Å². The summed E-state index contributed by atoms with van der Waals surface area (Å²) >= 11 is 0. The van der Waals surface area contributed by atoms with Crippen LogP contribution in [0.2, 0.25) is 0 Å². The summed E-state index contributed by atoms with van der Waals surface area (Å²) in [4.78, 5) is 37.1. The molecular formula is C14H12N2O5. The third kappa shape index (κ3) is 3.19. The second-order valence-corrected chi connectivity index (χ2v) is 4.58. The number of rotatable bonds is 3. The first-order valence-corrected chi connectivity index (χ1v) is 6.11. The molecule has 1 atom stereocenters. The predicted molar refractivity (Wildman–Crippen MR) is 73.6 cm³/mol. The molecule has 2 rings (SSSR count). The Bertz CT molecular complexity index is 673. The minimum atomic E-state index is -1.77. The van der Waals surface area contributed by atoms with Gasteiger partial charge >= 0.3 is 17.9 Å². The second kappa shape index (κ2) is 5.66. The third-order valence-corrected chi connectivity index (χ3v) is 2.85. The van der Waals surface area contributed by atoms with Crippen molar-refractivity contribution in [3.8, 4) is 0 Å². The molecule has 1 heterocycles. The van der Waals surface area contributed by atoms with Gasteiger partial charge in [-0.1, -0.05) is 17.7 Å². The number of amides is 1. The number of nitrogens with zero attached hydrogens (tertiary/aromatic N) is 2. The molecule has 1 aromatic rings. The second-order valence-electron chi connectivity index (χ2n) is 4.58. The van der Waals surface area contributed by atoms with Crippen LogP contribution in [0, 0.1) is 17.0 Å².